The Kier molecular flexibility index (Phi) is 8.52. The van der Waals surface area contributed by atoms with E-state index in [-0.39, 0.29) is 16.7 Å². The number of carbonyl (C=O) groups excluding carboxylic acids is 1. The van der Waals surface area contributed by atoms with Gasteiger partial charge in [0.2, 0.25) is 0 Å². The minimum absolute atomic E-state index is 0.00839. The van der Waals surface area contributed by atoms with Gasteiger partial charge in [0.1, 0.15) is 5.75 Å². The molecule has 1 aliphatic heterocycles. The monoisotopic (exact) mass is 537 g/mol. The summed E-state index contributed by atoms with van der Waals surface area (Å²) in [6.45, 7) is 3.30. The SMILES string of the molecule is Cc1c(-c2cccc(NCC3CCN(C(=O)N(C)c4ccccc4)CC3)c2)sc(C(=O)O)c1OCC(=O)O. The fourth-order valence-electron chi connectivity index (χ4n) is 4.56. The standard InChI is InChI=1S/C28H31N3O6S/c1-18-24(37-17-23(32)33)26(27(34)35)38-25(18)20-7-6-8-21(15-20)29-16-19-11-13-31(14-12-19)28(36)30(2)22-9-4-3-5-10-22/h3-10,15,19,29H,11-14,16-17H2,1-2H3,(H,32,33)(H,34,35). The third-order valence-corrected chi connectivity index (χ3v) is 7.97. The van der Waals surface area contributed by atoms with Crippen molar-refractivity contribution in [1.82, 2.24) is 4.90 Å². The van der Waals surface area contributed by atoms with Crippen molar-refractivity contribution >= 4 is 40.7 Å². The number of nitrogens with one attached hydrogen (secondary N) is 1. The summed E-state index contributed by atoms with van der Waals surface area (Å²) < 4.78 is 5.30. The maximum absolute atomic E-state index is 12.9. The van der Waals surface area contributed by atoms with Gasteiger partial charge in [-0.3, -0.25) is 4.90 Å². The molecule has 10 heteroatoms. The van der Waals surface area contributed by atoms with Crippen LogP contribution in [-0.4, -0.2) is 66.4 Å². The first-order valence-corrected chi connectivity index (χ1v) is 13.2. The van der Waals surface area contributed by atoms with Gasteiger partial charge in [-0.05, 0) is 55.5 Å². The fourth-order valence-corrected chi connectivity index (χ4v) is 5.64. The molecular weight excluding hydrogens is 506 g/mol. The average Bonchev–Trinajstić information content (AvgIpc) is 3.27. The second-order valence-corrected chi connectivity index (χ2v) is 10.3. The van der Waals surface area contributed by atoms with Crippen LogP contribution in [0.15, 0.2) is 54.6 Å². The predicted octanol–water partition coefficient (Wildman–Crippen LogP) is 5.27. The summed E-state index contributed by atoms with van der Waals surface area (Å²) in [5, 5.41) is 22.0. The van der Waals surface area contributed by atoms with Gasteiger partial charge in [-0.2, -0.15) is 0 Å². The summed E-state index contributed by atoms with van der Waals surface area (Å²) in [5.41, 5.74) is 3.21. The molecule has 1 aromatic heterocycles. The summed E-state index contributed by atoms with van der Waals surface area (Å²) in [6, 6.07) is 17.3. The van der Waals surface area contributed by atoms with Crippen molar-refractivity contribution in [2.45, 2.75) is 19.8 Å². The first kappa shape index (κ1) is 27.0. The normalized spacial score (nSPS) is 13.7. The van der Waals surface area contributed by atoms with Gasteiger partial charge in [0.05, 0.1) is 0 Å². The number of ether oxygens (including phenoxy) is 1. The lowest BCUT2D eigenvalue weighted by Gasteiger charge is -2.34. The summed E-state index contributed by atoms with van der Waals surface area (Å²) in [4.78, 5) is 39.8. The Morgan fingerprint density at radius 1 is 1.08 bits per heavy atom. The van der Waals surface area contributed by atoms with Crippen LogP contribution >= 0.6 is 11.3 Å². The molecule has 0 spiro atoms. The number of para-hydroxylation sites is 1. The van der Waals surface area contributed by atoms with E-state index in [9.17, 15) is 19.5 Å². The zero-order valence-corrected chi connectivity index (χ0v) is 22.2. The molecule has 3 aromatic rings. The van der Waals surface area contributed by atoms with Crippen molar-refractivity contribution in [3.05, 3.63) is 65.0 Å². The number of carboxylic acid groups (broad SMARTS) is 2. The summed E-state index contributed by atoms with van der Waals surface area (Å²) in [6.07, 6.45) is 1.80. The third-order valence-electron chi connectivity index (χ3n) is 6.66. The van der Waals surface area contributed by atoms with Crippen LogP contribution in [0.1, 0.15) is 28.1 Å². The average molecular weight is 538 g/mol. The molecule has 1 fully saturated rings. The Labute approximate surface area is 225 Å². The van der Waals surface area contributed by atoms with E-state index in [2.05, 4.69) is 5.32 Å². The number of amides is 2. The van der Waals surface area contributed by atoms with Gasteiger partial charge in [0, 0.05) is 48.5 Å². The van der Waals surface area contributed by atoms with E-state index >= 15 is 0 Å². The van der Waals surface area contributed by atoms with Crippen LogP contribution in [-0.2, 0) is 4.79 Å². The molecule has 38 heavy (non-hydrogen) atoms. The molecule has 0 unspecified atom stereocenters. The van der Waals surface area contributed by atoms with E-state index in [0.29, 0.717) is 24.6 Å². The topological polar surface area (TPSA) is 119 Å². The highest BCUT2D eigenvalue weighted by molar-refractivity contribution is 7.18. The Balaban J connectivity index is 1.36. The number of likely N-dealkylation sites (tertiary alicyclic amines) is 1. The Hall–Kier alpha value is -4.05. The molecule has 2 aromatic carbocycles. The molecule has 0 radical (unpaired) electrons. The molecule has 2 amide bonds. The molecule has 1 aliphatic rings. The highest BCUT2D eigenvalue weighted by Gasteiger charge is 2.26. The number of hydrogen-bond donors (Lipinski definition) is 3. The van der Waals surface area contributed by atoms with Crippen LogP contribution in [0.5, 0.6) is 5.75 Å². The van der Waals surface area contributed by atoms with Gasteiger partial charge in [-0.15, -0.1) is 11.3 Å². The third kappa shape index (κ3) is 6.25. The highest BCUT2D eigenvalue weighted by atomic mass is 32.1. The molecule has 0 saturated carbocycles. The fraction of sp³-hybridized carbons (Fsp3) is 0.321. The summed E-state index contributed by atoms with van der Waals surface area (Å²) >= 11 is 1.07. The highest BCUT2D eigenvalue weighted by Crippen LogP contribution is 2.42. The number of urea groups is 1. The number of benzene rings is 2. The van der Waals surface area contributed by atoms with Crippen LogP contribution in [0.25, 0.3) is 10.4 Å². The molecule has 0 aliphatic carbocycles. The van der Waals surface area contributed by atoms with E-state index in [1.807, 2.05) is 59.5 Å². The molecule has 3 N–H and O–H groups in total. The number of hydrogen-bond acceptors (Lipinski definition) is 6. The van der Waals surface area contributed by atoms with Crippen molar-refractivity contribution in [2.24, 2.45) is 5.92 Å². The Bertz CT molecular complexity index is 1300. The number of rotatable bonds is 9. The van der Waals surface area contributed by atoms with Crippen LogP contribution in [0.3, 0.4) is 0 Å². The molecule has 200 valence electrons. The van der Waals surface area contributed by atoms with Gasteiger partial charge in [-0.1, -0.05) is 30.3 Å². The lowest BCUT2D eigenvalue weighted by molar-refractivity contribution is -0.139. The van der Waals surface area contributed by atoms with E-state index in [1.54, 1.807) is 18.9 Å². The minimum atomic E-state index is -1.17. The van der Waals surface area contributed by atoms with E-state index < -0.39 is 18.5 Å². The summed E-state index contributed by atoms with van der Waals surface area (Å²) in [7, 11) is 1.80. The van der Waals surface area contributed by atoms with Gasteiger partial charge >= 0.3 is 18.0 Å². The smallest absolute Gasteiger partial charge is 0.349 e. The maximum atomic E-state index is 12.9. The summed E-state index contributed by atoms with van der Waals surface area (Å²) in [5.74, 6) is -1.81. The van der Waals surface area contributed by atoms with Crippen LogP contribution in [0, 0.1) is 12.8 Å². The van der Waals surface area contributed by atoms with Crippen LogP contribution in [0.2, 0.25) is 0 Å². The van der Waals surface area contributed by atoms with E-state index in [4.69, 9.17) is 9.84 Å². The number of carboxylic acids is 2. The zero-order valence-electron chi connectivity index (χ0n) is 21.3. The van der Waals surface area contributed by atoms with Crippen molar-refractivity contribution in [3.8, 4) is 16.2 Å². The number of nitrogens with zero attached hydrogens (tertiary/aromatic N) is 2. The van der Waals surface area contributed by atoms with E-state index in [1.165, 1.54) is 0 Å². The zero-order chi connectivity index (χ0) is 27.2. The number of anilines is 2. The van der Waals surface area contributed by atoms with Crippen molar-refractivity contribution in [2.75, 3.05) is 43.5 Å². The maximum Gasteiger partial charge on any atom is 0.349 e. The molecule has 4 rings (SSSR count). The second-order valence-electron chi connectivity index (χ2n) is 9.27. The predicted molar refractivity (Wildman–Crippen MR) is 148 cm³/mol. The first-order chi connectivity index (χ1) is 18.2. The largest absolute Gasteiger partial charge is 0.480 e. The van der Waals surface area contributed by atoms with Crippen molar-refractivity contribution in [3.63, 3.8) is 0 Å². The number of thiophene rings is 1. The molecule has 9 nitrogen and oxygen atoms in total. The van der Waals surface area contributed by atoms with E-state index in [0.717, 1.165) is 52.5 Å². The molecule has 0 bridgehead atoms. The number of aromatic carboxylic acids is 1. The lowest BCUT2D eigenvalue weighted by atomic mass is 9.96. The molecule has 1 saturated heterocycles. The van der Waals surface area contributed by atoms with Gasteiger partial charge in [0.15, 0.2) is 11.5 Å². The van der Waals surface area contributed by atoms with Gasteiger partial charge in [0.25, 0.3) is 0 Å². The quantitative estimate of drug-likeness (QED) is 0.340. The second kappa shape index (κ2) is 12.0. The molecule has 2 heterocycles. The van der Waals surface area contributed by atoms with Crippen molar-refractivity contribution < 1.29 is 29.3 Å². The Morgan fingerprint density at radius 2 is 1.79 bits per heavy atom. The number of aliphatic carboxylic acids is 1. The molecule has 0 atom stereocenters. The van der Waals surface area contributed by atoms with Crippen LogP contribution in [0.4, 0.5) is 16.2 Å². The van der Waals surface area contributed by atoms with Gasteiger partial charge in [-0.25, -0.2) is 14.4 Å². The number of carbonyl (C=O) groups is 3. The lowest BCUT2D eigenvalue weighted by Crippen LogP contribution is -2.46. The number of piperidine rings is 1. The minimum Gasteiger partial charge on any atom is -0.480 e. The van der Waals surface area contributed by atoms with Crippen molar-refractivity contribution in [1.29, 1.82) is 0 Å². The Morgan fingerprint density at radius 3 is 2.45 bits per heavy atom. The van der Waals surface area contributed by atoms with Crippen LogP contribution < -0.4 is 15.0 Å². The first-order valence-electron chi connectivity index (χ1n) is 12.4. The molecular formula is C28H31N3O6S. The van der Waals surface area contributed by atoms with Gasteiger partial charge < -0.3 is 25.2 Å².